The van der Waals surface area contributed by atoms with E-state index in [1.165, 1.54) is 29.5 Å². The Balaban J connectivity index is 1.41. The van der Waals surface area contributed by atoms with Crippen molar-refractivity contribution < 1.29 is 13.3 Å². The monoisotopic (exact) mass is 511 g/mol. The summed E-state index contributed by atoms with van der Waals surface area (Å²) in [5.74, 6) is 0. The summed E-state index contributed by atoms with van der Waals surface area (Å²) in [6.45, 7) is 1.11. The normalized spacial score (nSPS) is 15.1. The summed E-state index contributed by atoms with van der Waals surface area (Å²) in [5, 5.41) is 14.3. The zero-order valence-corrected chi connectivity index (χ0v) is 19.9. The van der Waals surface area contributed by atoms with Crippen LogP contribution in [0.2, 0.25) is 10.0 Å². The van der Waals surface area contributed by atoms with Crippen LogP contribution < -0.4 is 4.90 Å². The highest BCUT2D eigenvalue weighted by Gasteiger charge is 2.32. The van der Waals surface area contributed by atoms with Crippen molar-refractivity contribution in [1.29, 1.82) is 0 Å². The van der Waals surface area contributed by atoms with Crippen LogP contribution in [0.1, 0.15) is 24.1 Å². The van der Waals surface area contributed by atoms with Gasteiger partial charge in [-0.05, 0) is 36.6 Å². The number of aromatic nitrogens is 1. The lowest BCUT2D eigenvalue weighted by molar-refractivity contribution is -0.385. The van der Waals surface area contributed by atoms with Crippen LogP contribution in [0.5, 0.6) is 0 Å². The molecule has 168 valence electrons. The lowest BCUT2D eigenvalue weighted by Crippen LogP contribution is -2.39. The van der Waals surface area contributed by atoms with E-state index >= 15 is 0 Å². The van der Waals surface area contributed by atoms with E-state index < -0.39 is 20.0 Å². The largest absolute Gasteiger partial charge is 0.348 e. The summed E-state index contributed by atoms with van der Waals surface area (Å²) < 4.78 is 26.0. The van der Waals surface area contributed by atoms with E-state index in [9.17, 15) is 18.5 Å². The minimum Gasteiger partial charge on any atom is -0.348 e. The third kappa shape index (κ3) is 4.91. The van der Waals surface area contributed by atoms with Crippen molar-refractivity contribution in [3.8, 4) is 0 Å². The fourth-order valence-electron chi connectivity index (χ4n) is 3.71. The van der Waals surface area contributed by atoms with Gasteiger partial charge >= 0.3 is 0 Å². The standard InChI is InChI=1S/C21H19Cl2N3O4S2/c22-19-5-4-14(11-20(19)23)10-15-13-31-21(24-15)25-8-6-17(7-9-25)32(29,30)18-3-1-2-16(12-18)26(27)28/h1-5,11-13,17H,6-10H2. The molecule has 7 nitrogen and oxygen atoms in total. The average molecular weight is 512 g/mol. The predicted molar refractivity (Wildman–Crippen MR) is 127 cm³/mol. The lowest BCUT2D eigenvalue weighted by Gasteiger charge is -2.31. The molecule has 1 fully saturated rings. The number of rotatable bonds is 6. The topological polar surface area (TPSA) is 93.4 Å². The Labute approximate surface area is 199 Å². The number of hydrogen-bond donors (Lipinski definition) is 0. The van der Waals surface area contributed by atoms with Crippen LogP contribution >= 0.6 is 34.5 Å². The summed E-state index contributed by atoms with van der Waals surface area (Å²) in [6, 6.07) is 10.8. The maximum Gasteiger partial charge on any atom is 0.270 e. The molecule has 0 bridgehead atoms. The zero-order valence-electron chi connectivity index (χ0n) is 16.8. The summed E-state index contributed by atoms with van der Waals surface area (Å²) in [7, 11) is -3.64. The van der Waals surface area contributed by atoms with Gasteiger partial charge < -0.3 is 4.90 Å². The fraction of sp³-hybridized carbons (Fsp3) is 0.286. The quantitative estimate of drug-likeness (QED) is 0.325. The van der Waals surface area contributed by atoms with Crippen LogP contribution in [-0.2, 0) is 16.3 Å². The molecule has 11 heteroatoms. The molecular weight excluding hydrogens is 493 g/mol. The van der Waals surface area contributed by atoms with Crippen molar-refractivity contribution in [1.82, 2.24) is 4.98 Å². The second-order valence-corrected chi connectivity index (χ2v) is 11.4. The minimum absolute atomic E-state index is 0.00306. The van der Waals surface area contributed by atoms with Crippen LogP contribution in [0.25, 0.3) is 0 Å². The summed E-state index contributed by atoms with van der Waals surface area (Å²) in [5.41, 5.74) is 1.70. The van der Waals surface area contributed by atoms with Crippen molar-refractivity contribution in [3.05, 3.63) is 79.3 Å². The Morgan fingerprint density at radius 2 is 1.88 bits per heavy atom. The highest BCUT2D eigenvalue weighted by Crippen LogP contribution is 2.31. The molecule has 1 aliphatic rings. The highest BCUT2D eigenvalue weighted by atomic mass is 35.5. The molecule has 2 aromatic carbocycles. The van der Waals surface area contributed by atoms with E-state index in [-0.39, 0.29) is 10.6 Å². The van der Waals surface area contributed by atoms with E-state index in [1.807, 2.05) is 17.5 Å². The van der Waals surface area contributed by atoms with Gasteiger partial charge in [-0.2, -0.15) is 0 Å². The third-order valence-electron chi connectivity index (χ3n) is 5.42. The Morgan fingerprint density at radius 1 is 1.12 bits per heavy atom. The number of sulfone groups is 1. The molecule has 0 unspecified atom stereocenters. The maximum atomic E-state index is 13.0. The minimum atomic E-state index is -3.64. The molecule has 0 aliphatic carbocycles. The van der Waals surface area contributed by atoms with Crippen LogP contribution in [0, 0.1) is 10.1 Å². The first-order chi connectivity index (χ1) is 15.2. The molecule has 1 saturated heterocycles. The van der Waals surface area contributed by atoms with Crippen molar-refractivity contribution in [2.75, 3.05) is 18.0 Å². The van der Waals surface area contributed by atoms with Gasteiger partial charge in [-0.1, -0.05) is 35.3 Å². The number of nitro groups is 1. The average Bonchev–Trinajstić information content (AvgIpc) is 3.25. The number of anilines is 1. The number of nitrogens with zero attached hydrogens (tertiary/aromatic N) is 3. The first-order valence-corrected chi connectivity index (χ1v) is 13.0. The lowest BCUT2D eigenvalue weighted by atomic mass is 10.1. The van der Waals surface area contributed by atoms with Gasteiger partial charge in [-0.3, -0.25) is 10.1 Å². The van der Waals surface area contributed by atoms with Gasteiger partial charge in [0.1, 0.15) is 0 Å². The Morgan fingerprint density at radius 3 is 2.56 bits per heavy atom. The van der Waals surface area contributed by atoms with Gasteiger partial charge in [-0.15, -0.1) is 11.3 Å². The number of nitro benzene ring substituents is 1. The molecule has 0 amide bonds. The smallest absolute Gasteiger partial charge is 0.270 e. The molecule has 1 aromatic heterocycles. The molecule has 0 N–H and O–H groups in total. The van der Waals surface area contributed by atoms with Crippen LogP contribution in [0.15, 0.2) is 52.7 Å². The number of thiazole rings is 1. The van der Waals surface area contributed by atoms with Crippen molar-refractivity contribution in [2.45, 2.75) is 29.4 Å². The highest BCUT2D eigenvalue weighted by molar-refractivity contribution is 7.92. The summed E-state index contributed by atoms with van der Waals surface area (Å²) in [6.07, 6.45) is 1.50. The van der Waals surface area contributed by atoms with E-state index in [4.69, 9.17) is 28.2 Å². The molecule has 3 aromatic rings. The maximum absolute atomic E-state index is 13.0. The molecule has 0 spiro atoms. The van der Waals surface area contributed by atoms with Gasteiger partial charge in [0.15, 0.2) is 15.0 Å². The van der Waals surface area contributed by atoms with Gasteiger partial charge in [0.2, 0.25) is 0 Å². The molecule has 1 aliphatic heterocycles. The summed E-state index contributed by atoms with van der Waals surface area (Å²) >= 11 is 13.6. The van der Waals surface area contributed by atoms with E-state index in [1.54, 1.807) is 6.07 Å². The number of non-ortho nitro benzene ring substituents is 1. The molecule has 0 atom stereocenters. The van der Waals surface area contributed by atoms with E-state index in [2.05, 4.69) is 4.90 Å². The SMILES string of the molecule is O=[N+]([O-])c1cccc(S(=O)(=O)C2CCN(c3nc(Cc4ccc(Cl)c(Cl)c4)cs3)CC2)c1. The summed E-state index contributed by atoms with van der Waals surface area (Å²) in [4.78, 5) is 17.2. The van der Waals surface area contributed by atoms with Gasteiger partial charge in [0, 0.05) is 37.0 Å². The van der Waals surface area contributed by atoms with E-state index in [0.717, 1.165) is 22.5 Å². The first-order valence-electron chi connectivity index (χ1n) is 9.85. The van der Waals surface area contributed by atoms with Gasteiger partial charge in [0.25, 0.3) is 5.69 Å². The van der Waals surface area contributed by atoms with Crippen molar-refractivity contribution in [3.63, 3.8) is 0 Å². The molecule has 2 heterocycles. The van der Waals surface area contributed by atoms with Crippen LogP contribution in [-0.4, -0.2) is 36.7 Å². The molecule has 0 radical (unpaired) electrons. The van der Waals surface area contributed by atoms with Gasteiger partial charge in [-0.25, -0.2) is 13.4 Å². The number of benzene rings is 2. The first kappa shape index (κ1) is 23.0. The molecule has 32 heavy (non-hydrogen) atoms. The Hall–Kier alpha value is -2.20. The molecule has 4 rings (SSSR count). The Bertz CT molecular complexity index is 1260. The molecular formula is C21H19Cl2N3O4S2. The second kappa shape index (κ2) is 9.35. The van der Waals surface area contributed by atoms with E-state index in [0.29, 0.717) is 42.4 Å². The number of hydrogen-bond acceptors (Lipinski definition) is 7. The number of halogens is 2. The number of piperidine rings is 1. The van der Waals surface area contributed by atoms with Crippen molar-refractivity contribution >= 4 is 55.2 Å². The Kier molecular flexibility index (Phi) is 6.71. The fourth-order valence-corrected chi connectivity index (χ4v) is 6.67. The predicted octanol–water partition coefficient (Wildman–Crippen LogP) is 5.39. The van der Waals surface area contributed by atoms with Gasteiger partial charge in [0.05, 0.1) is 30.8 Å². The van der Waals surface area contributed by atoms with Crippen molar-refractivity contribution in [2.24, 2.45) is 0 Å². The molecule has 0 saturated carbocycles. The van der Waals surface area contributed by atoms with Crippen LogP contribution in [0.4, 0.5) is 10.8 Å². The van der Waals surface area contributed by atoms with Crippen LogP contribution in [0.3, 0.4) is 0 Å². The zero-order chi connectivity index (χ0) is 22.9. The second-order valence-electron chi connectivity index (χ2n) is 7.53. The third-order valence-corrected chi connectivity index (χ3v) is 9.37.